The Morgan fingerprint density at radius 1 is 1.39 bits per heavy atom. The minimum Gasteiger partial charge on any atom is -0.368 e. The predicted octanol–water partition coefficient (Wildman–Crippen LogP) is 2.45. The van der Waals surface area contributed by atoms with Gasteiger partial charge in [0, 0.05) is 12.6 Å². The van der Waals surface area contributed by atoms with Crippen molar-refractivity contribution in [1.29, 1.82) is 0 Å². The number of aromatic nitrogens is 1. The Bertz CT molecular complexity index is 346. The van der Waals surface area contributed by atoms with E-state index in [1.165, 1.54) is 0 Å². The third-order valence-electron chi connectivity index (χ3n) is 2.41. The van der Waals surface area contributed by atoms with Crippen molar-refractivity contribution in [2.75, 3.05) is 25.0 Å². The van der Waals surface area contributed by atoms with Crippen molar-refractivity contribution in [3.63, 3.8) is 0 Å². The average Bonchev–Trinajstić information content (AvgIpc) is 2.61. The van der Waals surface area contributed by atoms with Crippen molar-refractivity contribution >= 4 is 28.8 Å². The molecule has 0 amide bonds. The molecule has 0 aromatic carbocycles. The van der Waals surface area contributed by atoms with E-state index in [1.807, 2.05) is 6.92 Å². The molecule has 0 fully saturated rings. The van der Waals surface area contributed by atoms with Gasteiger partial charge >= 0.3 is 0 Å². The normalized spacial score (nSPS) is 12.7. The van der Waals surface area contributed by atoms with Crippen molar-refractivity contribution in [3.8, 4) is 0 Å². The summed E-state index contributed by atoms with van der Waals surface area (Å²) >= 11 is 6.63. The van der Waals surface area contributed by atoms with Gasteiger partial charge in [-0.3, -0.25) is 0 Å². The zero-order valence-corrected chi connectivity index (χ0v) is 12.1. The molecular formula is C11H20ClFN4S. The summed E-state index contributed by atoms with van der Waals surface area (Å²) in [5, 5.41) is 5.85. The fourth-order valence-electron chi connectivity index (χ4n) is 1.42. The van der Waals surface area contributed by atoms with E-state index >= 15 is 0 Å². The van der Waals surface area contributed by atoms with Crippen LogP contribution in [0.4, 0.5) is 10.2 Å². The van der Waals surface area contributed by atoms with Crippen LogP contribution in [-0.4, -0.2) is 30.7 Å². The molecule has 1 rings (SSSR count). The molecule has 104 valence electrons. The van der Waals surface area contributed by atoms with Crippen LogP contribution in [0.15, 0.2) is 0 Å². The number of halogens is 2. The zero-order valence-electron chi connectivity index (χ0n) is 10.5. The van der Waals surface area contributed by atoms with E-state index < -0.39 is 5.26 Å². The number of nitrogens with one attached hydrogen (secondary N) is 2. The van der Waals surface area contributed by atoms with E-state index in [9.17, 15) is 4.39 Å². The van der Waals surface area contributed by atoms with Gasteiger partial charge in [-0.05, 0) is 39.3 Å². The highest BCUT2D eigenvalue weighted by Gasteiger charge is 2.07. The van der Waals surface area contributed by atoms with Gasteiger partial charge in [0.05, 0.1) is 0 Å². The lowest BCUT2D eigenvalue weighted by atomic mass is 10.2. The largest absolute Gasteiger partial charge is 0.368 e. The second-order valence-corrected chi connectivity index (χ2v) is 5.79. The molecule has 0 radical (unpaired) electrons. The van der Waals surface area contributed by atoms with Crippen LogP contribution in [0, 0.1) is 5.26 Å². The molecule has 4 N–H and O–H groups in total. The summed E-state index contributed by atoms with van der Waals surface area (Å²) in [4.78, 5) is 3.66. The number of hydrogen-bond acceptors (Lipinski definition) is 5. The van der Waals surface area contributed by atoms with Gasteiger partial charge in [0.25, 0.3) is 5.26 Å². The Labute approximate surface area is 116 Å². The molecule has 18 heavy (non-hydrogen) atoms. The lowest BCUT2D eigenvalue weighted by Gasteiger charge is -2.07. The molecule has 1 aromatic rings. The summed E-state index contributed by atoms with van der Waals surface area (Å²) in [5.74, 6) is 0.448. The number of rotatable bonds is 9. The highest BCUT2D eigenvalue weighted by molar-refractivity contribution is 7.15. The first-order valence-electron chi connectivity index (χ1n) is 6.11. The molecule has 1 atom stereocenters. The summed E-state index contributed by atoms with van der Waals surface area (Å²) < 4.78 is 13.1. The van der Waals surface area contributed by atoms with E-state index in [0.717, 1.165) is 50.2 Å². The molecule has 0 aliphatic heterocycles. The molecule has 7 heteroatoms. The van der Waals surface area contributed by atoms with Gasteiger partial charge in [0.1, 0.15) is 4.34 Å². The van der Waals surface area contributed by atoms with Crippen LogP contribution in [0.25, 0.3) is 0 Å². The van der Waals surface area contributed by atoms with Crippen LogP contribution in [0.3, 0.4) is 0 Å². The number of thiazole rings is 1. The maximum atomic E-state index is 12.7. The summed E-state index contributed by atoms with van der Waals surface area (Å²) in [5.41, 5.74) is 5.64. The second-order valence-electron chi connectivity index (χ2n) is 4.24. The molecule has 1 aromatic heterocycles. The van der Waals surface area contributed by atoms with Crippen molar-refractivity contribution in [1.82, 2.24) is 10.3 Å². The lowest BCUT2D eigenvalue weighted by Crippen LogP contribution is -2.24. The van der Waals surface area contributed by atoms with E-state index in [1.54, 1.807) is 0 Å². The summed E-state index contributed by atoms with van der Waals surface area (Å²) in [7, 11) is 0. The highest BCUT2D eigenvalue weighted by Crippen LogP contribution is 2.27. The lowest BCUT2D eigenvalue weighted by molar-refractivity contribution is 0.571. The zero-order chi connectivity index (χ0) is 13.4. The van der Waals surface area contributed by atoms with Crippen LogP contribution in [0.5, 0.6) is 0 Å². The second kappa shape index (κ2) is 8.63. The maximum Gasteiger partial charge on any atom is 0.272 e. The smallest absolute Gasteiger partial charge is 0.272 e. The fraction of sp³-hybridized carbons (Fsp3) is 0.727. The van der Waals surface area contributed by atoms with Gasteiger partial charge in [0.2, 0.25) is 0 Å². The average molecular weight is 295 g/mol. The van der Waals surface area contributed by atoms with Crippen LogP contribution >= 0.6 is 22.9 Å². The summed E-state index contributed by atoms with van der Waals surface area (Å²) in [6.07, 6.45) is 3.03. The van der Waals surface area contributed by atoms with Crippen LogP contribution < -0.4 is 16.4 Å². The number of hydrogen-bond donors (Lipinski definition) is 3. The molecule has 0 aliphatic carbocycles. The first-order chi connectivity index (χ1) is 8.59. The Morgan fingerprint density at radius 2 is 2.11 bits per heavy atom. The minimum absolute atomic E-state index is 0.251. The van der Waals surface area contributed by atoms with Gasteiger partial charge in [-0.25, -0.2) is 0 Å². The number of nitrogens with zero attached hydrogens (tertiary/aromatic N) is 1. The SMILES string of the molecule is C[C@@H](N)CCNCCCCNc1nc(F)sc1Cl. The molecule has 0 unspecified atom stereocenters. The van der Waals surface area contributed by atoms with E-state index in [0.29, 0.717) is 10.2 Å². The van der Waals surface area contributed by atoms with Crippen LogP contribution in [0.1, 0.15) is 26.2 Å². The van der Waals surface area contributed by atoms with Gasteiger partial charge in [-0.2, -0.15) is 9.37 Å². The quantitative estimate of drug-likeness (QED) is 0.612. The van der Waals surface area contributed by atoms with E-state index in [-0.39, 0.29) is 6.04 Å². The Balaban J connectivity index is 1.97. The van der Waals surface area contributed by atoms with Crippen LogP contribution in [-0.2, 0) is 0 Å². The standard InChI is InChI=1S/C11H20ClFN4S/c1-8(14)4-7-15-5-2-3-6-16-10-9(12)18-11(13)17-10/h8,15-16H,2-7,14H2,1H3/t8-/m1/s1. The van der Waals surface area contributed by atoms with Crippen molar-refractivity contribution in [3.05, 3.63) is 9.60 Å². The maximum absolute atomic E-state index is 12.7. The van der Waals surface area contributed by atoms with Crippen LogP contribution in [0.2, 0.25) is 4.34 Å². The Morgan fingerprint density at radius 3 is 2.72 bits per heavy atom. The van der Waals surface area contributed by atoms with E-state index in [4.69, 9.17) is 17.3 Å². The Hall–Kier alpha value is -0.430. The monoisotopic (exact) mass is 294 g/mol. The molecule has 0 spiro atoms. The van der Waals surface area contributed by atoms with Gasteiger partial charge < -0.3 is 16.4 Å². The van der Waals surface area contributed by atoms with Gasteiger partial charge in [-0.15, -0.1) is 0 Å². The molecule has 0 bridgehead atoms. The Kier molecular flexibility index (Phi) is 7.50. The van der Waals surface area contributed by atoms with Crippen molar-refractivity contribution in [2.24, 2.45) is 5.73 Å². The summed E-state index contributed by atoms with van der Waals surface area (Å²) in [6, 6.07) is 0.251. The molecule has 0 aliphatic rings. The summed E-state index contributed by atoms with van der Waals surface area (Å²) in [6.45, 7) is 4.67. The number of nitrogens with two attached hydrogens (primary N) is 1. The predicted molar refractivity (Wildman–Crippen MR) is 75.9 cm³/mol. The molecule has 0 saturated heterocycles. The fourth-order valence-corrected chi connectivity index (χ4v) is 2.22. The first-order valence-corrected chi connectivity index (χ1v) is 7.31. The molecule has 0 saturated carbocycles. The molecule has 4 nitrogen and oxygen atoms in total. The van der Waals surface area contributed by atoms with Gasteiger partial charge in [0.15, 0.2) is 5.82 Å². The van der Waals surface area contributed by atoms with Gasteiger partial charge in [-0.1, -0.05) is 22.9 Å². The van der Waals surface area contributed by atoms with Crippen molar-refractivity contribution in [2.45, 2.75) is 32.2 Å². The molecule has 1 heterocycles. The third-order valence-corrected chi connectivity index (χ3v) is 3.45. The number of anilines is 1. The number of unbranched alkanes of at least 4 members (excludes halogenated alkanes) is 1. The van der Waals surface area contributed by atoms with Crippen molar-refractivity contribution < 1.29 is 4.39 Å². The molecular weight excluding hydrogens is 275 g/mol. The third kappa shape index (κ3) is 6.49. The minimum atomic E-state index is -0.500. The highest BCUT2D eigenvalue weighted by atomic mass is 35.5. The topological polar surface area (TPSA) is 63.0 Å². The first kappa shape index (κ1) is 15.6. The van der Waals surface area contributed by atoms with E-state index in [2.05, 4.69) is 15.6 Å².